The van der Waals surface area contributed by atoms with Gasteiger partial charge in [-0.3, -0.25) is 4.72 Å². The van der Waals surface area contributed by atoms with Crippen LogP contribution < -0.4 is 15.2 Å². The van der Waals surface area contributed by atoms with Crippen LogP contribution in [0.1, 0.15) is 55.5 Å². The van der Waals surface area contributed by atoms with Crippen molar-refractivity contribution >= 4 is 38.1 Å². The van der Waals surface area contributed by atoms with Crippen molar-refractivity contribution in [3.63, 3.8) is 0 Å². The summed E-state index contributed by atoms with van der Waals surface area (Å²) in [5.74, 6) is -0.346. The van der Waals surface area contributed by atoms with Crippen molar-refractivity contribution in [2.24, 2.45) is 0 Å². The van der Waals surface area contributed by atoms with Crippen LogP contribution in [0, 0.1) is 13.8 Å². The molecule has 1 aliphatic rings. The molecule has 5 rings (SSSR count). The first-order valence-electron chi connectivity index (χ1n) is 13.9. The van der Waals surface area contributed by atoms with Gasteiger partial charge in [-0.1, -0.05) is 30.3 Å². The minimum atomic E-state index is -4.09. The molecule has 4 aromatic rings. The third-order valence-corrected chi connectivity index (χ3v) is 8.86. The normalized spacial score (nSPS) is 14.2. The summed E-state index contributed by atoms with van der Waals surface area (Å²) in [7, 11) is -4.09. The van der Waals surface area contributed by atoms with Crippen LogP contribution in [0.15, 0.2) is 65.6 Å². The summed E-state index contributed by atoms with van der Waals surface area (Å²) < 4.78 is 42.3. The molecule has 8 nitrogen and oxygen atoms in total. The summed E-state index contributed by atoms with van der Waals surface area (Å²) in [6, 6.07) is 17.7. The Balaban J connectivity index is 1.70. The van der Waals surface area contributed by atoms with Gasteiger partial charge in [0, 0.05) is 22.0 Å². The Morgan fingerprint density at radius 1 is 1.05 bits per heavy atom. The van der Waals surface area contributed by atoms with E-state index >= 15 is 0 Å². The van der Waals surface area contributed by atoms with Crippen LogP contribution in [0.2, 0.25) is 0 Å². The number of nitrogens with two attached hydrogens (primary N) is 1. The van der Waals surface area contributed by atoms with E-state index in [1.54, 1.807) is 64.1 Å². The highest BCUT2D eigenvalue weighted by Gasteiger charge is 2.33. The van der Waals surface area contributed by atoms with Crippen molar-refractivity contribution in [3.8, 4) is 16.9 Å². The molecular weight excluding hydrogens is 552 g/mol. The Labute approximate surface area is 246 Å². The monoisotopic (exact) mass is 588 g/mol. The van der Waals surface area contributed by atoms with E-state index in [2.05, 4.69) is 4.72 Å². The predicted octanol–water partition coefficient (Wildman–Crippen LogP) is 6.77. The molecule has 0 fully saturated rings. The number of fused-ring (bicyclic) bond motifs is 2. The first kappa shape index (κ1) is 29.4. The van der Waals surface area contributed by atoms with Gasteiger partial charge in [0.2, 0.25) is 0 Å². The molecule has 0 aliphatic carbocycles. The maximum atomic E-state index is 13.8. The molecule has 4 aromatic carbocycles. The number of nitrogens with one attached hydrogen (secondary N) is 1. The molecule has 4 N–H and O–H groups in total. The number of rotatable bonds is 7. The first-order valence-corrected chi connectivity index (χ1v) is 15.4. The van der Waals surface area contributed by atoms with Crippen LogP contribution in [0.3, 0.4) is 0 Å². The molecule has 1 unspecified atom stereocenters. The highest BCUT2D eigenvalue weighted by Crippen LogP contribution is 2.43. The van der Waals surface area contributed by atoms with E-state index in [0.29, 0.717) is 45.3 Å². The van der Waals surface area contributed by atoms with Gasteiger partial charge in [-0.05, 0) is 106 Å². The van der Waals surface area contributed by atoms with Crippen molar-refractivity contribution in [2.45, 2.75) is 64.1 Å². The molecule has 1 aliphatic heterocycles. The van der Waals surface area contributed by atoms with E-state index in [1.807, 2.05) is 25.1 Å². The summed E-state index contributed by atoms with van der Waals surface area (Å²) in [4.78, 5) is 12.8. The van der Waals surface area contributed by atoms with E-state index in [1.165, 1.54) is 6.07 Å². The molecule has 0 spiro atoms. The quantitative estimate of drug-likeness (QED) is 0.203. The lowest BCUT2D eigenvalue weighted by molar-refractivity contribution is -0.160. The second-order valence-electron chi connectivity index (χ2n) is 11.7. The SMILES string of the molecule is Cc1cc(NS(=O)(=O)c2cccc3c(N)cccc23)c(C)c(C(OC(C)(C)C)C(=O)O)c1-c1ccc2c(c1)CCCO2. The average Bonchev–Trinajstić information content (AvgIpc) is 2.92. The number of benzene rings is 4. The van der Waals surface area contributed by atoms with Gasteiger partial charge in [-0.2, -0.15) is 0 Å². The second kappa shape index (κ2) is 11.0. The summed E-state index contributed by atoms with van der Waals surface area (Å²) in [5.41, 5.74) is 10.2. The number of carboxylic acids is 1. The van der Waals surface area contributed by atoms with Crippen LogP contribution in [-0.2, 0) is 26.0 Å². The summed E-state index contributed by atoms with van der Waals surface area (Å²) >= 11 is 0. The summed E-state index contributed by atoms with van der Waals surface area (Å²) in [6.07, 6.45) is 0.394. The molecule has 220 valence electrons. The van der Waals surface area contributed by atoms with Crippen molar-refractivity contribution in [3.05, 3.63) is 82.9 Å². The van der Waals surface area contributed by atoms with Crippen LogP contribution in [0.25, 0.3) is 21.9 Å². The van der Waals surface area contributed by atoms with Gasteiger partial charge in [0.15, 0.2) is 6.10 Å². The van der Waals surface area contributed by atoms with E-state index in [4.69, 9.17) is 15.2 Å². The number of ether oxygens (including phenoxy) is 2. The zero-order chi connectivity index (χ0) is 30.4. The minimum absolute atomic E-state index is 0.0744. The van der Waals surface area contributed by atoms with E-state index in [0.717, 1.165) is 29.7 Å². The fraction of sp³-hybridized carbons (Fsp3) is 0.303. The smallest absolute Gasteiger partial charge is 0.337 e. The van der Waals surface area contributed by atoms with E-state index in [9.17, 15) is 18.3 Å². The Bertz CT molecular complexity index is 1810. The standard InChI is InChI=1S/C33H36N2O6S/c1-19-17-26(35-42(38,39)28-13-7-10-23-24(28)11-6-12-25(23)34)20(2)30(31(32(36)37)41-33(3,4)5)29(19)22-14-15-27-21(18-22)9-8-16-40-27/h6-7,10-15,17-18,31,35H,8-9,16,34H2,1-5H3,(H,36,37). The maximum absolute atomic E-state index is 13.8. The Hall–Kier alpha value is -4.08. The van der Waals surface area contributed by atoms with Gasteiger partial charge in [0.1, 0.15) is 5.75 Å². The topological polar surface area (TPSA) is 128 Å². The summed E-state index contributed by atoms with van der Waals surface area (Å²) in [5, 5.41) is 11.5. The van der Waals surface area contributed by atoms with Gasteiger partial charge < -0.3 is 20.3 Å². The van der Waals surface area contributed by atoms with Gasteiger partial charge in [-0.15, -0.1) is 0 Å². The van der Waals surface area contributed by atoms with E-state index in [-0.39, 0.29) is 10.6 Å². The van der Waals surface area contributed by atoms with Crippen molar-refractivity contribution in [2.75, 3.05) is 17.1 Å². The largest absolute Gasteiger partial charge is 0.493 e. The molecule has 9 heteroatoms. The van der Waals surface area contributed by atoms with Gasteiger partial charge in [-0.25, -0.2) is 13.2 Å². The number of hydrogen-bond donors (Lipinski definition) is 3. The number of aliphatic carboxylic acids is 1. The summed E-state index contributed by atoms with van der Waals surface area (Å²) in [6.45, 7) is 9.61. The predicted molar refractivity (Wildman–Crippen MR) is 166 cm³/mol. The Morgan fingerprint density at radius 3 is 2.48 bits per heavy atom. The third-order valence-electron chi connectivity index (χ3n) is 7.44. The van der Waals surface area contributed by atoms with E-state index < -0.39 is 27.7 Å². The van der Waals surface area contributed by atoms with Crippen LogP contribution >= 0.6 is 0 Å². The van der Waals surface area contributed by atoms with Gasteiger partial charge in [0.25, 0.3) is 10.0 Å². The first-order chi connectivity index (χ1) is 19.8. The molecular formula is C33H36N2O6S. The van der Waals surface area contributed by atoms with Gasteiger partial charge in [0.05, 0.1) is 22.8 Å². The fourth-order valence-electron chi connectivity index (χ4n) is 5.60. The molecule has 0 saturated carbocycles. The minimum Gasteiger partial charge on any atom is -0.493 e. The number of hydrogen-bond acceptors (Lipinski definition) is 6. The van der Waals surface area contributed by atoms with Gasteiger partial charge >= 0.3 is 5.97 Å². The molecule has 0 bridgehead atoms. The highest BCUT2D eigenvalue weighted by molar-refractivity contribution is 7.93. The lowest BCUT2D eigenvalue weighted by Crippen LogP contribution is -2.28. The van der Waals surface area contributed by atoms with Crippen LogP contribution in [0.4, 0.5) is 11.4 Å². The zero-order valence-corrected chi connectivity index (χ0v) is 25.3. The van der Waals surface area contributed by atoms with Crippen LogP contribution in [-0.4, -0.2) is 31.7 Å². The lowest BCUT2D eigenvalue weighted by Gasteiger charge is -2.30. The molecule has 0 amide bonds. The Kier molecular flexibility index (Phi) is 7.68. The number of carboxylic acid groups (broad SMARTS) is 1. The number of anilines is 2. The number of sulfonamides is 1. The number of aryl methyl sites for hydroxylation is 2. The molecule has 1 heterocycles. The molecule has 0 aromatic heterocycles. The fourth-order valence-corrected chi connectivity index (χ4v) is 6.94. The average molecular weight is 589 g/mol. The second-order valence-corrected chi connectivity index (χ2v) is 13.3. The van der Waals surface area contributed by atoms with Crippen molar-refractivity contribution < 1.29 is 27.8 Å². The lowest BCUT2D eigenvalue weighted by atomic mass is 9.86. The number of nitrogen functional groups attached to an aromatic ring is 1. The molecule has 0 saturated heterocycles. The van der Waals surface area contributed by atoms with Crippen LogP contribution in [0.5, 0.6) is 5.75 Å². The van der Waals surface area contributed by atoms with Crippen molar-refractivity contribution in [1.29, 1.82) is 0 Å². The maximum Gasteiger partial charge on any atom is 0.337 e. The highest BCUT2D eigenvalue weighted by atomic mass is 32.2. The third kappa shape index (κ3) is 5.67. The number of carbonyl (C=O) groups is 1. The molecule has 0 radical (unpaired) electrons. The Morgan fingerprint density at radius 2 is 1.76 bits per heavy atom. The molecule has 1 atom stereocenters. The molecule has 42 heavy (non-hydrogen) atoms. The van der Waals surface area contributed by atoms with Crippen molar-refractivity contribution in [1.82, 2.24) is 0 Å². The zero-order valence-electron chi connectivity index (χ0n) is 24.4.